The van der Waals surface area contributed by atoms with Crippen LogP contribution in [0, 0.1) is 28.4 Å². The molecular weight excluding hydrogens is 866 g/mol. The van der Waals surface area contributed by atoms with Gasteiger partial charge in [0.05, 0.1) is 28.8 Å². The molecule has 0 bridgehead atoms. The monoisotopic (exact) mass is 912 g/mol. The number of imide groups is 1. The van der Waals surface area contributed by atoms with Crippen LogP contribution in [0.4, 0.5) is 23.8 Å². The first-order valence-corrected chi connectivity index (χ1v) is 23.5. The van der Waals surface area contributed by atoms with E-state index in [1.807, 2.05) is 12.1 Å². The van der Waals surface area contributed by atoms with E-state index in [9.17, 15) is 28.1 Å². The molecule has 2 saturated carbocycles. The van der Waals surface area contributed by atoms with Crippen LogP contribution in [0.25, 0.3) is 21.8 Å². The summed E-state index contributed by atoms with van der Waals surface area (Å²) in [6.45, 7) is 1.86. The average Bonchev–Trinajstić information content (AvgIpc) is 3.82. The number of nitrogens with one attached hydrogen (secondary N) is 1. The van der Waals surface area contributed by atoms with Gasteiger partial charge in [0.2, 0.25) is 5.91 Å². The highest BCUT2D eigenvalue weighted by Gasteiger charge is 2.48. The number of halogens is 3. The van der Waals surface area contributed by atoms with E-state index >= 15 is 13.2 Å². The summed E-state index contributed by atoms with van der Waals surface area (Å²) in [5.41, 5.74) is 1.15. The fourth-order valence-corrected chi connectivity index (χ4v) is 12.1. The number of nitriles is 1. The van der Waals surface area contributed by atoms with Crippen LogP contribution >= 0.6 is 0 Å². The smallest absolute Gasteiger partial charge is 0.329 e. The molecule has 20 heteroatoms. The van der Waals surface area contributed by atoms with Gasteiger partial charge < -0.3 is 9.64 Å². The van der Waals surface area contributed by atoms with E-state index in [0.717, 1.165) is 86.4 Å². The number of rotatable bonds is 8. The van der Waals surface area contributed by atoms with Gasteiger partial charge in [-0.2, -0.15) is 23.1 Å². The van der Waals surface area contributed by atoms with E-state index < -0.39 is 40.0 Å². The van der Waals surface area contributed by atoms with Crippen LogP contribution in [-0.4, -0.2) is 87.3 Å². The van der Waals surface area contributed by atoms with Gasteiger partial charge in [0, 0.05) is 44.0 Å². The Balaban J connectivity index is 0.774. The number of urea groups is 1. The number of aromatic nitrogens is 4. The summed E-state index contributed by atoms with van der Waals surface area (Å²) in [7, 11) is -2.57. The topological polar surface area (TPSA) is 202 Å². The second-order valence-corrected chi connectivity index (χ2v) is 19.8. The van der Waals surface area contributed by atoms with Crippen LogP contribution in [-0.2, 0) is 22.1 Å². The van der Waals surface area contributed by atoms with Crippen LogP contribution in [0.3, 0.4) is 0 Å². The molecule has 5 aromatic rings. The number of likely N-dealkylation sites (tertiary alicyclic amines) is 1. The molecule has 3 aromatic carbocycles. The quantitative estimate of drug-likeness (QED) is 0.183. The number of aryl methyl sites for hydroxylation is 1. The molecule has 2 unspecified atom stereocenters. The molecule has 5 aliphatic rings. The zero-order valence-electron chi connectivity index (χ0n) is 35.6. The van der Waals surface area contributed by atoms with Crippen LogP contribution in [0.1, 0.15) is 98.9 Å². The van der Waals surface area contributed by atoms with Crippen molar-refractivity contribution in [3.63, 3.8) is 0 Å². The van der Waals surface area contributed by atoms with E-state index in [1.54, 1.807) is 28.7 Å². The van der Waals surface area contributed by atoms with Gasteiger partial charge in [0.15, 0.2) is 17.4 Å². The first kappa shape index (κ1) is 43.0. The third-order valence-electron chi connectivity index (χ3n) is 14.7. The molecule has 2 aromatic heterocycles. The number of ether oxygens (including phenoxy) is 1. The molecule has 3 aliphatic heterocycles. The molecule has 10 rings (SSSR count). The summed E-state index contributed by atoms with van der Waals surface area (Å²) in [6, 6.07) is 10.1. The Morgan fingerprint density at radius 2 is 1.66 bits per heavy atom. The van der Waals surface area contributed by atoms with Gasteiger partial charge in [-0.05, 0) is 130 Å². The fourth-order valence-electron chi connectivity index (χ4n) is 11.2. The lowest BCUT2D eigenvalue weighted by molar-refractivity contribution is -0.120. The van der Waals surface area contributed by atoms with E-state index in [-0.39, 0.29) is 82.9 Å². The van der Waals surface area contributed by atoms with Gasteiger partial charge in [-0.25, -0.2) is 28.1 Å². The van der Waals surface area contributed by atoms with E-state index in [2.05, 4.69) is 20.3 Å². The van der Waals surface area contributed by atoms with Crippen molar-refractivity contribution >= 4 is 49.8 Å². The Kier molecular flexibility index (Phi) is 10.7. The molecule has 3 N–H and O–H groups in total. The number of hydrogen-bond acceptors (Lipinski definition) is 10. The zero-order chi connectivity index (χ0) is 45.5. The fraction of sp³-hybridized carbons (Fsp3) is 0.467. The minimum atomic E-state index is -4.34. The average molecular weight is 913 g/mol. The highest BCUT2D eigenvalue weighted by Crippen LogP contribution is 2.55. The molecule has 3 saturated heterocycles. The molecule has 340 valence electrons. The third kappa shape index (κ3) is 7.61. The number of hydrogen-bond donors (Lipinski definition) is 2. The van der Waals surface area contributed by atoms with Crippen molar-refractivity contribution in [2.24, 2.45) is 17.6 Å². The second-order valence-electron chi connectivity index (χ2n) is 18.3. The van der Waals surface area contributed by atoms with Crippen molar-refractivity contribution in [2.75, 3.05) is 31.1 Å². The van der Waals surface area contributed by atoms with Crippen molar-refractivity contribution < 1.29 is 35.9 Å². The molecule has 2 atom stereocenters. The highest BCUT2D eigenvalue weighted by molar-refractivity contribution is 7.86. The van der Waals surface area contributed by atoms with Crippen molar-refractivity contribution in [1.29, 1.82) is 5.26 Å². The Bertz CT molecular complexity index is 2990. The van der Waals surface area contributed by atoms with Crippen molar-refractivity contribution in [1.82, 2.24) is 33.9 Å². The number of nitrogens with two attached hydrogens (primary N) is 1. The molecule has 0 radical (unpaired) electrons. The van der Waals surface area contributed by atoms with Gasteiger partial charge in [-0.15, -0.1) is 0 Å². The van der Waals surface area contributed by atoms with Gasteiger partial charge in [-0.1, -0.05) is 6.07 Å². The third-order valence-corrected chi connectivity index (χ3v) is 15.7. The summed E-state index contributed by atoms with van der Waals surface area (Å²) in [4.78, 5) is 46.7. The molecule has 5 fully saturated rings. The SMILES string of the molecule is Cn1nc(N2CCC(=O)NC2=O)c2cc(F)c(C3CCC(N4CCC5(CC4)CC(n4cnc6ccc(Oc7c(F)ccc(C8C(F)CCN8S(N)(=O)=O)c7C#N)cc6c4=O)C5)CC3)cc21. The zero-order valence-corrected chi connectivity index (χ0v) is 36.4. The Morgan fingerprint density at radius 1 is 0.908 bits per heavy atom. The first-order chi connectivity index (χ1) is 31.1. The number of anilines is 1. The first-order valence-electron chi connectivity index (χ1n) is 22.0. The standard InChI is InChI=1S/C45H47F3N10O6S/c1-54-38-20-30(36(48)19-32(38)42(53-54)56-14-11-39(59)52-44(56)61)25-2-4-26(5-3-25)55-16-12-45(13-17-55)21-27(22-45)57-24-51-37-9-6-28(18-31(37)43(57)60)64-41-33(23-49)29(7-8-35(41)47)40-34(46)10-15-58(40)65(50,62)63/h6-9,18-20,24-27,34,40H,2-5,10-17,21-22H2,1H3,(H2,50,62,63)(H,52,59,61). The molecule has 1 spiro atoms. The largest absolute Gasteiger partial charge is 0.453 e. The van der Waals surface area contributed by atoms with Gasteiger partial charge >= 0.3 is 6.03 Å². The molecule has 65 heavy (non-hydrogen) atoms. The van der Waals surface area contributed by atoms with Gasteiger partial charge in [0.1, 0.15) is 29.4 Å². The summed E-state index contributed by atoms with van der Waals surface area (Å²) >= 11 is 0. The normalized spacial score (nSPS) is 24.4. The maximum Gasteiger partial charge on any atom is 0.329 e. The number of nitrogens with zero attached hydrogens (tertiary/aromatic N) is 8. The molecule has 3 amide bonds. The highest BCUT2D eigenvalue weighted by atomic mass is 32.2. The van der Waals surface area contributed by atoms with Gasteiger partial charge in [0.25, 0.3) is 15.8 Å². The van der Waals surface area contributed by atoms with Crippen LogP contribution in [0.15, 0.2) is 53.6 Å². The van der Waals surface area contributed by atoms with E-state index in [0.29, 0.717) is 28.3 Å². The number of fused-ring (bicyclic) bond motifs is 2. The molecular formula is C45H47F3N10O6S. The van der Waals surface area contributed by atoms with E-state index in [4.69, 9.17) is 9.88 Å². The lowest BCUT2D eigenvalue weighted by Gasteiger charge is -2.54. The lowest BCUT2D eigenvalue weighted by Crippen LogP contribution is -2.51. The summed E-state index contributed by atoms with van der Waals surface area (Å²) in [6.07, 6.45) is 7.12. The Morgan fingerprint density at radius 3 is 2.37 bits per heavy atom. The minimum Gasteiger partial charge on any atom is -0.453 e. The summed E-state index contributed by atoms with van der Waals surface area (Å²) in [5, 5.41) is 23.0. The van der Waals surface area contributed by atoms with Gasteiger partial charge in [-0.3, -0.25) is 29.1 Å². The van der Waals surface area contributed by atoms with Crippen LogP contribution in [0.2, 0.25) is 0 Å². The summed E-state index contributed by atoms with van der Waals surface area (Å²) < 4.78 is 80.6. The maximum absolute atomic E-state index is 15.8. The predicted molar refractivity (Wildman–Crippen MR) is 232 cm³/mol. The molecule has 2 aliphatic carbocycles. The van der Waals surface area contributed by atoms with Crippen molar-refractivity contribution in [2.45, 2.75) is 94.4 Å². The maximum atomic E-state index is 15.8. The number of alkyl halides is 1. The van der Waals surface area contributed by atoms with Crippen LogP contribution in [0.5, 0.6) is 11.5 Å². The number of benzene rings is 3. The van der Waals surface area contributed by atoms with Crippen molar-refractivity contribution in [3.05, 3.63) is 87.5 Å². The predicted octanol–water partition coefficient (Wildman–Crippen LogP) is 6.10. The molecule has 16 nitrogen and oxygen atoms in total. The number of piperidine rings is 1. The Hall–Kier alpha value is -5.88. The van der Waals surface area contributed by atoms with Crippen LogP contribution < -0.4 is 25.7 Å². The van der Waals surface area contributed by atoms with E-state index in [1.165, 1.54) is 23.1 Å². The lowest BCUT2D eigenvalue weighted by atomic mass is 9.60. The number of amides is 3. The molecule has 5 heterocycles. The Labute approximate surface area is 371 Å². The number of carbonyl (C=O) groups excluding carboxylic acids is 2. The number of carbonyl (C=O) groups is 2. The summed E-state index contributed by atoms with van der Waals surface area (Å²) in [5.74, 6) is -1.68. The van der Waals surface area contributed by atoms with Crippen molar-refractivity contribution in [3.8, 4) is 17.6 Å². The second kappa shape index (κ2) is 16.2. The minimum absolute atomic E-state index is 0.0401.